The molecule has 1 N–H and O–H groups in total. The maximum absolute atomic E-state index is 11.5. The zero-order chi connectivity index (χ0) is 15.5. The van der Waals surface area contributed by atoms with E-state index in [2.05, 4.69) is 36.1 Å². The highest BCUT2D eigenvalue weighted by Gasteiger charge is 2.39. The van der Waals surface area contributed by atoms with Crippen molar-refractivity contribution in [2.75, 3.05) is 13.1 Å². The summed E-state index contributed by atoms with van der Waals surface area (Å²) >= 11 is 0. The molecule has 0 amide bonds. The van der Waals surface area contributed by atoms with Gasteiger partial charge in [-0.05, 0) is 58.1 Å². The quantitative estimate of drug-likeness (QED) is 0.902. The molecule has 1 aromatic carbocycles. The molecule has 1 heterocycles. The first-order valence-corrected chi connectivity index (χ1v) is 7.92. The lowest BCUT2D eigenvalue weighted by molar-refractivity contribution is -0.151. The number of hydrogen-bond donors (Lipinski definition) is 1. The molecule has 116 valence electrons. The molecule has 2 atom stereocenters. The van der Waals surface area contributed by atoms with E-state index in [4.69, 9.17) is 0 Å². The van der Waals surface area contributed by atoms with Crippen LogP contribution in [0.15, 0.2) is 30.3 Å². The van der Waals surface area contributed by atoms with Crippen molar-refractivity contribution in [3.8, 4) is 0 Å². The predicted molar refractivity (Wildman–Crippen MR) is 85.3 cm³/mol. The van der Waals surface area contributed by atoms with Crippen LogP contribution in [-0.2, 0) is 11.2 Å². The molecule has 1 saturated heterocycles. The number of rotatable bonds is 5. The van der Waals surface area contributed by atoms with E-state index in [0.717, 1.165) is 32.4 Å². The van der Waals surface area contributed by atoms with Gasteiger partial charge >= 0.3 is 5.97 Å². The van der Waals surface area contributed by atoms with Gasteiger partial charge in [-0.15, -0.1) is 0 Å². The highest BCUT2D eigenvalue weighted by Crippen LogP contribution is 2.35. The van der Waals surface area contributed by atoms with E-state index in [1.54, 1.807) is 0 Å². The first-order valence-electron chi connectivity index (χ1n) is 7.92. The van der Waals surface area contributed by atoms with Crippen LogP contribution in [0, 0.1) is 11.3 Å². The number of likely N-dealkylation sites (tertiary alicyclic amines) is 1. The summed E-state index contributed by atoms with van der Waals surface area (Å²) in [7, 11) is 0. The molecule has 2 unspecified atom stereocenters. The van der Waals surface area contributed by atoms with Crippen LogP contribution < -0.4 is 0 Å². The first kappa shape index (κ1) is 16.0. The van der Waals surface area contributed by atoms with Crippen LogP contribution in [0.4, 0.5) is 0 Å². The van der Waals surface area contributed by atoms with Gasteiger partial charge in [-0.2, -0.15) is 0 Å². The maximum atomic E-state index is 11.5. The van der Waals surface area contributed by atoms with Gasteiger partial charge in [-0.1, -0.05) is 30.3 Å². The molecule has 0 radical (unpaired) electrons. The van der Waals surface area contributed by atoms with E-state index in [1.165, 1.54) is 5.56 Å². The van der Waals surface area contributed by atoms with Crippen LogP contribution in [0.3, 0.4) is 0 Å². The number of hydrogen-bond acceptors (Lipinski definition) is 2. The molecule has 0 spiro atoms. The van der Waals surface area contributed by atoms with Crippen molar-refractivity contribution >= 4 is 5.97 Å². The number of carboxylic acid groups (broad SMARTS) is 1. The number of nitrogens with zero attached hydrogens (tertiary/aromatic N) is 1. The molecule has 21 heavy (non-hydrogen) atoms. The molecule has 1 aliphatic heterocycles. The third-order valence-corrected chi connectivity index (χ3v) is 5.02. The van der Waals surface area contributed by atoms with Crippen molar-refractivity contribution < 1.29 is 9.90 Å². The van der Waals surface area contributed by atoms with E-state index in [1.807, 2.05) is 19.9 Å². The highest BCUT2D eigenvalue weighted by atomic mass is 16.4. The molecule has 2 rings (SSSR count). The summed E-state index contributed by atoms with van der Waals surface area (Å²) < 4.78 is 0. The number of aliphatic carboxylic acids is 1. The van der Waals surface area contributed by atoms with Crippen LogP contribution in [0.5, 0.6) is 0 Å². The summed E-state index contributed by atoms with van der Waals surface area (Å²) in [6.07, 6.45) is 3.15. The Kier molecular flexibility index (Phi) is 5.04. The molecule has 0 aromatic heterocycles. The molecule has 3 heteroatoms. The number of carbonyl (C=O) groups is 1. The summed E-state index contributed by atoms with van der Waals surface area (Å²) in [5, 5.41) is 9.44. The zero-order valence-corrected chi connectivity index (χ0v) is 13.4. The predicted octanol–water partition coefficient (Wildman–Crippen LogP) is 3.44. The summed E-state index contributed by atoms with van der Waals surface area (Å²) in [4.78, 5) is 13.9. The molecule has 1 aromatic rings. The van der Waals surface area contributed by atoms with E-state index in [9.17, 15) is 9.90 Å². The molecular weight excluding hydrogens is 262 g/mol. The van der Waals surface area contributed by atoms with Gasteiger partial charge in [0, 0.05) is 12.6 Å². The summed E-state index contributed by atoms with van der Waals surface area (Å²) in [6.45, 7) is 7.97. The second kappa shape index (κ2) is 6.61. The van der Waals surface area contributed by atoms with Crippen LogP contribution in [0.1, 0.15) is 39.2 Å². The fourth-order valence-electron chi connectivity index (χ4n) is 3.25. The molecule has 1 aliphatic rings. The standard InChI is InChI=1S/C18H27NO2/c1-14(12-15-8-5-4-6-9-15)19-11-7-10-16(13-19)18(2,3)17(20)21/h4-6,8-9,14,16H,7,10-13H2,1-3H3,(H,20,21). The van der Waals surface area contributed by atoms with Gasteiger partial charge < -0.3 is 10.0 Å². The van der Waals surface area contributed by atoms with Crippen LogP contribution in [-0.4, -0.2) is 35.1 Å². The Morgan fingerprint density at radius 1 is 1.38 bits per heavy atom. The maximum Gasteiger partial charge on any atom is 0.309 e. The van der Waals surface area contributed by atoms with Gasteiger partial charge in [0.05, 0.1) is 5.41 Å². The van der Waals surface area contributed by atoms with Crippen LogP contribution in [0.25, 0.3) is 0 Å². The van der Waals surface area contributed by atoms with Gasteiger partial charge in [0.25, 0.3) is 0 Å². The van der Waals surface area contributed by atoms with E-state index >= 15 is 0 Å². The van der Waals surface area contributed by atoms with Gasteiger partial charge in [0.2, 0.25) is 0 Å². The van der Waals surface area contributed by atoms with Crippen molar-refractivity contribution in [3.63, 3.8) is 0 Å². The minimum absolute atomic E-state index is 0.238. The SMILES string of the molecule is CC(Cc1ccccc1)N1CCCC(C(C)(C)C(=O)O)C1. The molecule has 3 nitrogen and oxygen atoms in total. The Hall–Kier alpha value is -1.35. The number of piperidine rings is 1. The van der Waals surface area contributed by atoms with Crippen molar-refractivity contribution in [3.05, 3.63) is 35.9 Å². The Bertz CT molecular complexity index is 469. The monoisotopic (exact) mass is 289 g/mol. The second-order valence-corrected chi connectivity index (χ2v) is 6.90. The Balaban J connectivity index is 1.99. The third-order valence-electron chi connectivity index (χ3n) is 5.02. The van der Waals surface area contributed by atoms with Gasteiger partial charge in [-0.25, -0.2) is 0 Å². The summed E-state index contributed by atoms with van der Waals surface area (Å²) in [5.41, 5.74) is 0.718. The fourth-order valence-corrected chi connectivity index (χ4v) is 3.25. The third kappa shape index (κ3) is 3.85. The molecule has 0 saturated carbocycles. The lowest BCUT2D eigenvalue weighted by Crippen LogP contribution is -2.48. The van der Waals surface area contributed by atoms with E-state index in [0.29, 0.717) is 6.04 Å². The van der Waals surface area contributed by atoms with Crippen molar-refractivity contribution in [2.45, 2.75) is 46.1 Å². The number of carboxylic acids is 1. The molecule has 0 bridgehead atoms. The van der Waals surface area contributed by atoms with Crippen LogP contribution in [0.2, 0.25) is 0 Å². The lowest BCUT2D eigenvalue weighted by Gasteiger charge is -2.41. The Morgan fingerprint density at radius 2 is 2.05 bits per heavy atom. The summed E-state index contributed by atoms with van der Waals surface area (Å²) in [5.74, 6) is -0.438. The van der Waals surface area contributed by atoms with Gasteiger partial charge in [-0.3, -0.25) is 4.79 Å². The lowest BCUT2D eigenvalue weighted by atomic mass is 9.74. The van der Waals surface area contributed by atoms with Crippen molar-refractivity contribution in [1.29, 1.82) is 0 Å². The van der Waals surface area contributed by atoms with Crippen molar-refractivity contribution in [2.24, 2.45) is 11.3 Å². The second-order valence-electron chi connectivity index (χ2n) is 6.90. The minimum atomic E-state index is -0.676. The average molecular weight is 289 g/mol. The molecule has 1 fully saturated rings. The average Bonchev–Trinajstić information content (AvgIpc) is 2.48. The smallest absolute Gasteiger partial charge is 0.309 e. The Labute approximate surface area is 128 Å². The number of benzene rings is 1. The Morgan fingerprint density at radius 3 is 2.67 bits per heavy atom. The summed E-state index contributed by atoms with van der Waals surface area (Å²) in [6, 6.07) is 11.0. The zero-order valence-electron chi connectivity index (χ0n) is 13.4. The minimum Gasteiger partial charge on any atom is -0.481 e. The van der Waals surface area contributed by atoms with Crippen LogP contribution >= 0.6 is 0 Å². The first-order chi connectivity index (χ1) is 9.91. The highest BCUT2D eigenvalue weighted by molar-refractivity contribution is 5.74. The van der Waals surface area contributed by atoms with E-state index in [-0.39, 0.29) is 5.92 Å². The molecule has 0 aliphatic carbocycles. The van der Waals surface area contributed by atoms with Gasteiger partial charge in [0.1, 0.15) is 0 Å². The molecular formula is C18H27NO2. The fraction of sp³-hybridized carbons (Fsp3) is 0.611. The normalized spacial score (nSPS) is 22.0. The van der Waals surface area contributed by atoms with E-state index < -0.39 is 11.4 Å². The van der Waals surface area contributed by atoms with Crippen molar-refractivity contribution in [1.82, 2.24) is 4.90 Å². The largest absolute Gasteiger partial charge is 0.481 e. The van der Waals surface area contributed by atoms with Gasteiger partial charge in [0.15, 0.2) is 0 Å². The topological polar surface area (TPSA) is 40.5 Å².